The molecule has 32 heavy (non-hydrogen) atoms. The summed E-state index contributed by atoms with van der Waals surface area (Å²) < 4.78 is 2.30. The number of amides is 2. The fourth-order valence-corrected chi connectivity index (χ4v) is 6.62. The first-order chi connectivity index (χ1) is 15.3. The van der Waals surface area contributed by atoms with E-state index in [4.69, 9.17) is 0 Å². The molecule has 4 bridgehead atoms. The average molecular weight is 440 g/mol. The first-order valence-corrected chi connectivity index (χ1v) is 11.4. The molecule has 4 fully saturated rings. The van der Waals surface area contributed by atoms with Crippen LogP contribution in [0, 0.1) is 23.2 Å². The van der Waals surface area contributed by atoms with E-state index < -0.39 is 11.2 Å². The normalized spacial score (nSPS) is 28.1. The van der Waals surface area contributed by atoms with Gasteiger partial charge in [-0.3, -0.25) is 23.5 Å². The van der Waals surface area contributed by atoms with Gasteiger partial charge in [0.2, 0.25) is 11.8 Å². The fourth-order valence-electron chi connectivity index (χ4n) is 6.62. The lowest BCUT2D eigenvalue weighted by Gasteiger charge is -2.55. The van der Waals surface area contributed by atoms with Crippen LogP contribution in [-0.4, -0.2) is 32.5 Å². The summed E-state index contributed by atoms with van der Waals surface area (Å²) in [5.41, 5.74) is -0.496. The lowest BCUT2D eigenvalue weighted by molar-refractivity contribution is -0.146. The van der Waals surface area contributed by atoms with Crippen LogP contribution in [0.5, 0.6) is 0 Å². The molecule has 0 atom stereocenters. The second-order valence-electron chi connectivity index (χ2n) is 10.1. The summed E-state index contributed by atoms with van der Waals surface area (Å²) in [4.78, 5) is 54.0. The van der Waals surface area contributed by atoms with E-state index in [1.807, 2.05) is 0 Å². The molecule has 2 heterocycles. The summed E-state index contributed by atoms with van der Waals surface area (Å²) in [7, 11) is 2.95. The zero-order valence-electron chi connectivity index (χ0n) is 18.5. The first kappa shape index (κ1) is 20.9. The van der Waals surface area contributed by atoms with E-state index >= 15 is 0 Å². The van der Waals surface area contributed by atoms with Crippen molar-refractivity contribution in [2.75, 3.05) is 11.9 Å². The Morgan fingerprint density at radius 2 is 1.69 bits per heavy atom. The Balaban J connectivity index is 1.20. The maximum Gasteiger partial charge on any atom is 0.332 e. The number of hydrogen-bond acceptors (Lipinski definition) is 5. The van der Waals surface area contributed by atoms with Gasteiger partial charge in [0.15, 0.2) is 0 Å². The van der Waals surface area contributed by atoms with E-state index in [9.17, 15) is 19.2 Å². The highest BCUT2D eigenvalue weighted by Crippen LogP contribution is 2.60. The average Bonchev–Trinajstić information content (AvgIpc) is 2.75. The molecule has 2 aromatic heterocycles. The minimum Gasteiger partial charge on any atom is -0.355 e. The molecule has 2 amide bonds. The summed E-state index contributed by atoms with van der Waals surface area (Å²) in [5, 5.41) is 6.00. The molecule has 9 heteroatoms. The van der Waals surface area contributed by atoms with Crippen molar-refractivity contribution < 1.29 is 9.59 Å². The third-order valence-electron chi connectivity index (χ3n) is 7.73. The quantitative estimate of drug-likeness (QED) is 0.729. The number of rotatable bonds is 5. The highest BCUT2D eigenvalue weighted by atomic mass is 16.2. The molecular formula is C23H29N5O4. The van der Waals surface area contributed by atoms with Gasteiger partial charge >= 0.3 is 5.69 Å². The Morgan fingerprint density at radius 1 is 1.06 bits per heavy atom. The van der Waals surface area contributed by atoms with Crippen LogP contribution in [0.3, 0.4) is 0 Å². The van der Waals surface area contributed by atoms with E-state index in [2.05, 4.69) is 15.6 Å². The smallest absolute Gasteiger partial charge is 0.332 e. The molecule has 2 aromatic rings. The van der Waals surface area contributed by atoms with E-state index in [0.29, 0.717) is 23.4 Å². The van der Waals surface area contributed by atoms with Crippen LogP contribution in [0.15, 0.2) is 21.9 Å². The minimum absolute atomic E-state index is 0.112. The van der Waals surface area contributed by atoms with Crippen LogP contribution in [-0.2, 0) is 23.7 Å². The van der Waals surface area contributed by atoms with Gasteiger partial charge in [0.05, 0.1) is 17.3 Å². The topological polar surface area (TPSA) is 115 Å². The maximum absolute atomic E-state index is 13.0. The number of aromatic nitrogens is 3. The number of fused-ring (bicyclic) bond motifs is 1. The summed E-state index contributed by atoms with van der Waals surface area (Å²) in [6.07, 6.45) is 8.41. The van der Waals surface area contributed by atoms with E-state index in [-0.39, 0.29) is 41.2 Å². The predicted octanol–water partition coefficient (Wildman–Crippen LogP) is 1.29. The molecule has 9 nitrogen and oxygen atoms in total. The zero-order valence-corrected chi connectivity index (χ0v) is 18.5. The summed E-state index contributed by atoms with van der Waals surface area (Å²) in [6.45, 7) is 0.281. The second-order valence-corrected chi connectivity index (χ2v) is 10.1. The van der Waals surface area contributed by atoms with Crippen LogP contribution in [0.25, 0.3) is 11.0 Å². The van der Waals surface area contributed by atoms with Gasteiger partial charge in [-0.2, -0.15) is 0 Å². The van der Waals surface area contributed by atoms with Crippen molar-refractivity contribution in [1.29, 1.82) is 0 Å². The number of aryl methyl sites for hydroxylation is 1. The summed E-state index contributed by atoms with van der Waals surface area (Å²) >= 11 is 0. The number of nitrogens with zero attached hydrogens (tertiary/aromatic N) is 3. The lowest BCUT2D eigenvalue weighted by Crippen LogP contribution is -2.53. The van der Waals surface area contributed by atoms with Crippen molar-refractivity contribution in [2.24, 2.45) is 37.3 Å². The molecule has 0 aromatic carbocycles. The van der Waals surface area contributed by atoms with Crippen LogP contribution in [0.2, 0.25) is 0 Å². The second kappa shape index (κ2) is 7.56. The highest BCUT2D eigenvalue weighted by Gasteiger charge is 2.54. The van der Waals surface area contributed by atoms with Crippen molar-refractivity contribution >= 4 is 28.5 Å². The molecule has 170 valence electrons. The van der Waals surface area contributed by atoms with Gasteiger partial charge in [-0.1, -0.05) is 0 Å². The maximum atomic E-state index is 13.0. The molecule has 4 aliphatic carbocycles. The zero-order chi connectivity index (χ0) is 22.6. The Hall–Kier alpha value is -2.97. The monoisotopic (exact) mass is 439 g/mol. The van der Waals surface area contributed by atoms with Crippen molar-refractivity contribution in [3.63, 3.8) is 0 Å². The highest BCUT2D eigenvalue weighted by molar-refractivity contribution is 5.93. The molecule has 2 N–H and O–H groups in total. The summed E-state index contributed by atoms with van der Waals surface area (Å²) in [5.74, 6) is 1.94. The third-order valence-corrected chi connectivity index (χ3v) is 7.73. The van der Waals surface area contributed by atoms with Crippen molar-refractivity contribution in [1.82, 2.24) is 19.4 Å². The largest absolute Gasteiger partial charge is 0.355 e. The van der Waals surface area contributed by atoms with Gasteiger partial charge in [-0.05, 0) is 62.3 Å². The van der Waals surface area contributed by atoms with E-state index in [1.165, 1.54) is 43.1 Å². The van der Waals surface area contributed by atoms with Gasteiger partial charge < -0.3 is 10.6 Å². The molecule has 4 saturated carbocycles. The number of carbonyl (C=O) groups excluding carboxylic acids is 2. The Bertz CT molecular complexity index is 1190. The standard InChI is InChI=1S/C23H29N5O4/c1-27-19-17(20(30)28(2)22(27)32)8-16(12-25-19)26-18(29)3-4-24-21(31)23-9-13-5-14(10-23)7-15(6-13)11-23/h8,12-15H,3-7,9-11H2,1-2H3,(H,24,31)(H,26,29). The fraction of sp³-hybridized carbons (Fsp3) is 0.609. The molecule has 6 rings (SSSR count). The first-order valence-electron chi connectivity index (χ1n) is 11.4. The molecular weight excluding hydrogens is 410 g/mol. The third kappa shape index (κ3) is 3.43. The number of hydrogen-bond donors (Lipinski definition) is 2. The number of carbonyl (C=O) groups is 2. The van der Waals surface area contributed by atoms with Gasteiger partial charge in [0.25, 0.3) is 5.56 Å². The lowest BCUT2D eigenvalue weighted by atomic mass is 9.49. The van der Waals surface area contributed by atoms with Gasteiger partial charge in [-0.25, -0.2) is 9.78 Å². The van der Waals surface area contributed by atoms with Crippen molar-refractivity contribution in [3.05, 3.63) is 33.1 Å². The van der Waals surface area contributed by atoms with Crippen LogP contribution >= 0.6 is 0 Å². The number of pyridine rings is 1. The molecule has 0 spiro atoms. The Labute approximate surface area is 185 Å². The SMILES string of the molecule is Cn1c(=O)c2cc(NC(=O)CCNC(=O)C34CC5CC(CC(C5)C3)C4)cnc2n(C)c1=O. The van der Waals surface area contributed by atoms with E-state index in [0.717, 1.165) is 23.8 Å². The van der Waals surface area contributed by atoms with Gasteiger partial charge in [0.1, 0.15) is 5.65 Å². The van der Waals surface area contributed by atoms with E-state index in [1.54, 1.807) is 7.05 Å². The van der Waals surface area contributed by atoms with Crippen LogP contribution < -0.4 is 21.9 Å². The Morgan fingerprint density at radius 3 is 2.31 bits per heavy atom. The molecule has 4 aliphatic rings. The summed E-state index contributed by atoms with van der Waals surface area (Å²) in [6, 6.07) is 1.52. The van der Waals surface area contributed by atoms with Crippen molar-refractivity contribution in [3.8, 4) is 0 Å². The van der Waals surface area contributed by atoms with Crippen LogP contribution in [0.4, 0.5) is 5.69 Å². The van der Waals surface area contributed by atoms with Gasteiger partial charge in [-0.15, -0.1) is 0 Å². The molecule has 0 saturated heterocycles. The van der Waals surface area contributed by atoms with Crippen LogP contribution in [0.1, 0.15) is 44.9 Å². The molecule has 0 unspecified atom stereocenters. The molecule has 0 radical (unpaired) electrons. The minimum atomic E-state index is -0.463. The number of nitrogens with one attached hydrogen (secondary N) is 2. The van der Waals surface area contributed by atoms with Crippen molar-refractivity contribution in [2.45, 2.75) is 44.9 Å². The Kier molecular flexibility index (Phi) is 4.94. The van der Waals surface area contributed by atoms with Gasteiger partial charge in [0, 0.05) is 32.5 Å². The molecule has 0 aliphatic heterocycles. The predicted molar refractivity (Wildman–Crippen MR) is 119 cm³/mol. The number of anilines is 1.